The quantitative estimate of drug-likeness (QED) is 0.674. The van der Waals surface area contributed by atoms with Gasteiger partial charge >= 0.3 is 0 Å². The molecule has 0 saturated heterocycles. The normalized spacial score (nSPS) is 19.2. The van der Waals surface area contributed by atoms with Gasteiger partial charge in [0, 0.05) is 11.3 Å². The maximum Gasteiger partial charge on any atom is 0.244 e. The summed E-state index contributed by atoms with van der Waals surface area (Å²) < 4.78 is 1.70. The summed E-state index contributed by atoms with van der Waals surface area (Å²) in [6.07, 6.45) is 0. The highest BCUT2D eigenvalue weighted by Gasteiger charge is 2.44. The van der Waals surface area contributed by atoms with Crippen LogP contribution in [0.15, 0.2) is 48.5 Å². The van der Waals surface area contributed by atoms with E-state index < -0.39 is 5.41 Å². The third-order valence-corrected chi connectivity index (χ3v) is 5.27. The van der Waals surface area contributed by atoms with Crippen molar-refractivity contribution in [2.45, 2.75) is 12.3 Å². The predicted octanol–water partition coefficient (Wildman–Crippen LogP) is 3.83. The average molecular weight is 319 g/mol. The molecule has 0 N–H and O–H groups in total. The van der Waals surface area contributed by atoms with Crippen molar-refractivity contribution in [3.8, 4) is 16.8 Å². The summed E-state index contributed by atoms with van der Waals surface area (Å²) in [5.74, 6) is 1.08. The van der Waals surface area contributed by atoms with Gasteiger partial charge in [-0.1, -0.05) is 36.4 Å². The molecular formula is C18H13N3OS. The molecule has 4 rings (SSSR count). The van der Waals surface area contributed by atoms with Crippen molar-refractivity contribution in [3.05, 3.63) is 54.1 Å². The minimum Gasteiger partial charge on any atom is -0.273 e. The van der Waals surface area contributed by atoms with Crippen LogP contribution in [-0.2, 0) is 5.41 Å². The van der Waals surface area contributed by atoms with Crippen LogP contribution in [0.3, 0.4) is 0 Å². The summed E-state index contributed by atoms with van der Waals surface area (Å²) in [6, 6.07) is 15.5. The van der Waals surface area contributed by atoms with E-state index in [1.54, 1.807) is 4.57 Å². The molecule has 4 nitrogen and oxygen atoms in total. The van der Waals surface area contributed by atoms with Crippen molar-refractivity contribution in [1.82, 2.24) is 9.55 Å². The molecule has 0 fully saturated rings. The Kier molecular flexibility index (Phi) is 3.03. The number of benzene rings is 2. The topological polar surface area (TPSA) is 58.7 Å². The highest BCUT2D eigenvalue weighted by atomic mass is 32.2. The molecule has 2 aromatic carbocycles. The van der Waals surface area contributed by atoms with Crippen LogP contribution in [0.4, 0.5) is 0 Å². The first-order valence-corrected chi connectivity index (χ1v) is 8.28. The van der Waals surface area contributed by atoms with E-state index in [1.165, 1.54) is 0 Å². The fourth-order valence-corrected chi connectivity index (χ4v) is 3.88. The SMILES string of the molecule is C[C@]1(CSC#N)C(=O)n2c(nc3ccccc32)-c2ccccc21. The molecule has 1 aliphatic heterocycles. The summed E-state index contributed by atoms with van der Waals surface area (Å²) >= 11 is 1.11. The number of hydrogen-bond acceptors (Lipinski definition) is 4. The smallest absolute Gasteiger partial charge is 0.244 e. The zero-order valence-corrected chi connectivity index (χ0v) is 13.3. The van der Waals surface area contributed by atoms with E-state index in [-0.39, 0.29) is 5.91 Å². The molecule has 0 radical (unpaired) electrons. The van der Waals surface area contributed by atoms with Crippen LogP contribution in [0, 0.1) is 10.7 Å². The van der Waals surface area contributed by atoms with Gasteiger partial charge < -0.3 is 0 Å². The van der Waals surface area contributed by atoms with Crippen molar-refractivity contribution in [2.24, 2.45) is 0 Å². The number of fused-ring (bicyclic) bond motifs is 5. The first-order chi connectivity index (χ1) is 11.2. The van der Waals surface area contributed by atoms with E-state index in [9.17, 15) is 4.79 Å². The van der Waals surface area contributed by atoms with Crippen LogP contribution in [0.2, 0.25) is 0 Å². The summed E-state index contributed by atoms with van der Waals surface area (Å²) in [5, 5.41) is 11.0. The van der Waals surface area contributed by atoms with Crippen LogP contribution in [0.1, 0.15) is 17.3 Å². The number of carbonyl (C=O) groups is 1. The molecule has 0 aliphatic carbocycles. The van der Waals surface area contributed by atoms with Gasteiger partial charge in [0.25, 0.3) is 0 Å². The van der Waals surface area contributed by atoms with E-state index in [0.29, 0.717) is 11.6 Å². The van der Waals surface area contributed by atoms with Crippen LogP contribution in [-0.4, -0.2) is 21.2 Å². The number of hydrogen-bond donors (Lipinski definition) is 0. The lowest BCUT2D eigenvalue weighted by Gasteiger charge is -2.34. The van der Waals surface area contributed by atoms with Gasteiger partial charge in [0.1, 0.15) is 11.2 Å². The minimum absolute atomic E-state index is 0.0253. The maximum absolute atomic E-state index is 13.3. The van der Waals surface area contributed by atoms with Crippen molar-refractivity contribution in [2.75, 3.05) is 5.75 Å². The molecule has 5 heteroatoms. The number of nitrogens with zero attached hydrogens (tertiary/aromatic N) is 3. The van der Waals surface area contributed by atoms with Crippen molar-refractivity contribution in [1.29, 1.82) is 5.26 Å². The first kappa shape index (κ1) is 14.0. The highest BCUT2D eigenvalue weighted by Crippen LogP contribution is 2.42. The van der Waals surface area contributed by atoms with E-state index in [0.717, 1.165) is 33.9 Å². The van der Waals surface area contributed by atoms with Gasteiger partial charge in [0.2, 0.25) is 5.91 Å². The monoisotopic (exact) mass is 319 g/mol. The average Bonchev–Trinajstić information content (AvgIpc) is 2.98. The molecule has 1 aliphatic rings. The number of imidazole rings is 1. The summed E-state index contributed by atoms with van der Waals surface area (Å²) in [7, 11) is 0. The Balaban J connectivity index is 2.07. The molecule has 3 aromatic rings. The Morgan fingerprint density at radius 1 is 1.22 bits per heavy atom. The van der Waals surface area contributed by atoms with Gasteiger partial charge in [-0.2, -0.15) is 5.26 Å². The Hall–Kier alpha value is -2.58. The van der Waals surface area contributed by atoms with Gasteiger partial charge in [0.05, 0.1) is 16.4 Å². The Bertz CT molecular complexity index is 985. The fourth-order valence-electron chi connectivity index (χ4n) is 3.25. The summed E-state index contributed by atoms with van der Waals surface area (Å²) in [5.41, 5.74) is 2.78. The molecule has 1 aromatic heterocycles. The largest absolute Gasteiger partial charge is 0.273 e. The second-order valence-corrected chi connectivity index (χ2v) is 6.58. The molecule has 0 amide bonds. The zero-order valence-electron chi connectivity index (χ0n) is 12.5. The Morgan fingerprint density at radius 3 is 2.78 bits per heavy atom. The first-order valence-electron chi connectivity index (χ1n) is 7.30. The van der Waals surface area contributed by atoms with Gasteiger partial charge in [-0.3, -0.25) is 9.36 Å². The number of nitriles is 1. The minimum atomic E-state index is -0.743. The highest BCUT2D eigenvalue weighted by molar-refractivity contribution is 8.03. The maximum atomic E-state index is 13.3. The van der Waals surface area contributed by atoms with Crippen LogP contribution >= 0.6 is 11.8 Å². The van der Waals surface area contributed by atoms with Gasteiger partial charge in [-0.05, 0) is 36.4 Å². The number of para-hydroxylation sites is 2. The molecule has 23 heavy (non-hydrogen) atoms. The molecule has 112 valence electrons. The fraction of sp³-hybridized carbons (Fsp3) is 0.167. The molecule has 0 bridgehead atoms. The van der Waals surface area contributed by atoms with E-state index in [4.69, 9.17) is 5.26 Å². The molecular weight excluding hydrogens is 306 g/mol. The molecule has 1 atom stereocenters. The van der Waals surface area contributed by atoms with Crippen LogP contribution < -0.4 is 0 Å². The van der Waals surface area contributed by atoms with Crippen molar-refractivity contribution in [3.63, 3.8) is 0 Å². The lowest BCUT2D eigenvalue weighted by molar-refractivity contribution is 0.0827. The zero-order chi connectivity index (χ0) is 16.0. The third kappa shape index (κ3) is 1.85. The number of aromatic nitrogens is 2. The standard InChI is InChI=1S/C18H13N3OS/c1-18(10-23-11-19)13-7-3-2-6-12(13)16-20-14-8-4-5-9-15(14)21(16)17(18)22/h2-9H,10H2,1H3/t18-/m1/s1. The summed E-state index contributed by atoms with van der Waals surface area (Å²) in [6.45, 7) is 1.91. The molecule has 2 heterocycles. The van der Waals surface area contributed by atoms with E-state index in [2.05, 4.69) is 10.4 Å². The predicted molar refractivity (Wildman–Crippen MR) is 91.2 cm³/mol. The Morgan fingerprint density at radius 2 is 1.96 bits per heavy atom. The lowest BCUT2D eigenvalue weighted by atomic mass is 9.78. The van der Waals surface area contributed by atoms with Crippen LogP contribution in [0.25, 0.3) is 22.4 Å². The third-order valence-electron chi connectivity index (χ3n) is 4.42. The summed E-state index contributed by atoms with van der Waals surface area (Å²) in [4.78, 5) is 17.9. The van der Waals surface area contributed by atoms with E-state index >= 15 is 0 Å². The van der Waals surface area contributed by atoms with Crippen LogP contribution in [0.5, 0.6) is 0 Å². The second kappa shape index (κ2) is 4.97. The molecule has 0 unspecified atom stereocenters. The second-order valence-electron chi connectivity index (χ2n) is 5.82. The number of rotatable bonds is 2. The van der Waals surface area contributed by atoms with E-state index in [1.807, 2.05) is 55.5 Å². The van der Waals surface area contributed by atoms with Gasteiger partial charge in [0.15, 0.2) is 0 Å². The van der Waals surface area contributed by atoms with Crippen molar-refractivity contribution >= 4 is 28.7 Å². The van der Waals surface area contributed by atoms with Crippen molar-refractivity contribution < 1.29 is 4.79 Å². The molecule has 0 saturated carbocycles. The Labute approximate surface area is 137 Å². The number of thioether (sulfide) groups is 1. The van der Waals surface area contributed by atoms with Gasteiger partial charge in [-0.15, -0.1) is 0 Å². The van der Waals surface area contributed by atoms with Gasteiger partial charge in [-0.25, -0.2) is 4.98 Å². The lowest BCUT2D eigenvalue weighted by Crippen LogP contribution is -2.42. The number of carbonyl (C=O) groups excluding carboxylic acids is 1. The molecule has 0 spiro atoms. The number of thiocyanates is 1.